The molecular weight excluding hydrogens is 1050 g/mol. The molecule has 0 saturated heterocycles. The Morgan fingerprint density at radius 2 is 0.531 bits per heavy atom. The fourth-order valence-corrected chi connectivity index (χ4v) is 19.1. The SMILES string of the molecule is O=P(c1ccccc1)(c1ccccc1)c1ccc2oc3ccc(-c4ccc5oc6ccccc6c5c4)cc3c2c1.O=P(c1ccccc1)(c1ccccc1)c1ccccc1Oc1ccccc1P(=O)(c1ccccc1)c1ccccc1. The van der Waals surface area contributed by atoms with Crippen LogP contribution in [0.2, 0.25) is 0 Å². The molecular formula is C72H51O6P3. The molecule has 0 saturated carbocycles. The summed E-state index contributed by atoms with van der Waals surface area (Å²) in [5.41, 5.74) is 5.54. The molecule has 14 rings (SSSR count). The van der Waals surface area contributed by atoms with E-state index in [2.05, 4.69) is 36.4 Å². The van der Waals surface area contributed by atoms with Crippen LogP contribution in [-0.4, -0.2) is 0 Å². The predicted octanol–water partition coefficient (Wildman–Crippen LogP) is 15.5. The third kappa shape index (κ3) is 9.38. The Morgan fingerprint density at radius 1 is 0.235 bits per heavy atom. The number of benzene rings is 12. The highest BCUT2D eigenvalue weighted by atomic mass is 31.2. The van der Waals surface area contributed by atoms with Gasteiger partial charge in [0.15, 0.2) is 21.4 Å². The largest absolute Gasteiger partial charge is 0.456 e. The molecule has 0 N–H and O–H groups in total. The summed E-state index contributed by atoms with van der Waals surface area (Å²) in [6.45, 7) is 0. The third-order valence-electron chi connectivity index (χ3n) is 14.9. The van der Waals surface area contributed by atoms with Crippen molar-refractivity contribution in [1.29, 1.82) is 0 Å². The molecule has 0 aliphatic rings. The average Bonchev–Trinajstić information content (AvgIpc) is 4.31. The highest BCUT2D eigenvalue weighted by Crippen LogP contribution is 2.49. The van der Waals surface area contributed by atoms with Crippen LogP contribution in [0.15, 0.2) is 318 Å². The highest BCUT2D eigenvalue weighted by molar-refractivity contribution is 7.86. The van der Waals surface area contributed by atoms with Gasteiger partial charge in [0, 0.05) is 58.7 Å². The molecule has 2 heterocycles. The van der Waals surface area contributed by atoms with Gasteiger partial charge in [0.25, 0.3) is 0 Å². The van der Waals surface area contributed by atoms with Gasteiger partial charge in [-0.3, -0.25) is 0 Å². The van der Waals surface area contributed by atoms with Crippen LogP contribution < -0.4 is 52.5 Å². The number of furan rings is 2. The summed E-state index contributed by atoms with van der Waals surface area (Å²) < 4.78 is 64.4. The van der Waals surface area contributed by atoms with E-state index >= 15 is 9.13 Å². The van der Waals surface area contributed by atoms with Crippen LogP contribution in [0, 0.1) is 0 Å². The number of ether oxygens (including phenoxy) is 1. The Morgan fingerprint density at radius 3 is 0.938 bits per heavy atom. The molecule has 0 amide bonds. The van der Waals surface area contributed by atoms with E-state index in [4.69, 9.17) is 13.6 Å². The van der Waals surface area contributed by atoms with Crippen LogP contribution >= 0.6 is 21.4 Å². The second kappa shape index (κ2) is 21.8. The van der Waals surface area contributed by atoms with E-state index in [0.29, 0.717) is 22.1 Å². The zero-order valence-corrected chi connectivity index (χ0v) is 46.4. The first kappa shape index (κ1) is 51.2. The number of para-hydroxylation sites is 3. The van der Waals surface area contributed by atoms with Gasteiger partial charge >= 0.3 is 0 Å². The fraction of sp³-hybridized carbons (Fsp3) is 0. The van der Waals surface area contributed by atoms with Crippen molar-refractivity contribution in [1.82, 2.24) is 0 Å². The lowest BCUT2D eigenvalue weighted by atomic mass is 10.0. The van der Waals surface area contributed by atoms with Crippen LogP contribution in [0.25, 0.3) is 55.0 Å². The molecule has 0 spiro atoms. The average molecular weight is 1110 g/mol. The van der Waals surface area contributed by atoms with Crippen molar-refractivity contribution in [2.45, 2.75) is 0 Å². The number of fused-ring (bicyclic) bond motifs is 6. The second-order valence-electron chi connectivity index (χ2n) is 19.7. The summed E-state index contributed by atoms with van der Waals surface area (Å²) in [7, 11) is -9.73. The Balaban J connectivity index is 0.000000153. The van der Waals surface area contributed by atoms with Gasteiger partial charge in [-0.1, -0.05) is 237 Å². The summed E-state index contributed by atoms with van der Waals surface area (Å²) >= 11 is 0. The molecule has 9 heteroatoms. The maximum absolute atomic E-state index is 15.2. The topological polar surface area (TPSA) is 86.7 Å². The maximum Gasteiger partial charge on any atom is 0.174 e. The zero-order chi connectivity index (χ0) is 54.8. The van der Waals surface area contributed by atoms with Gasteiger partial charge in [-0.15, -0.1) is 0 Å². The van der Waals surface area contributed by atoms with Gasteiger partial charge < -0.3 is 27.3 Å². The summed E-state index contributed by atoms with van der Waals surface area (Å²) in [6.07, 6.45) is 0. The molecule has 81 heavy (non-hydrogen) atoms. The first-order valence-corrected chi connectivity index (χ1v) is 31.8. The van der Waals surface area contributed by atoms with Crippen LogP contribution in [-0.2, 0) is 13.7 Å². The van der Waals surface area contributed by atoms with E-state index in [0.717, 1.165) is 92.1 Å². The molecule has 0 fully saturated rings. The summed E-state index contributed by atoms with van der Waals surface area (Å²) in [5, 5.41) is 10.6. The highest BCUT2D eigenvalue weighted by Gasteiger charge is 2.36. The molecule has 0 bridgehead atoms. The Labute approximate surface area is 469 Å². The van der Waals surface area contributed by atoms with Crippen molar-refractivity contribution in [2.24, 2.45) is 0 Å². The predicted molar refractivity (Wildman–Crippen MR) is 338 cm³/mol. The lowest BCUT2D eigenvalue weighted by molar-refractivity contribution is 0.489. The minimum absolute atomic E-state index is 0.462. The molecule has 12 aromatic carbocycles. The van der Waals surface area contributed by atoms with E-state index in [-0.39, 0.29) is 0 Å². The lowest BCUT2D eigenvalue weighted by Crippen LogP contribution is -2.27. The molecule has 0 aliphatic carbocycles. The third-order valence-corrected chi connectivity index (χ3v) is 24.1. The fourth-order valence-electron chi connectivity index (χ4n) is 10.9. The Kier molecular flexibility index (Phi) is 13.7. The molecule has 2 aromatic heterocycles. The first-order valence-electron chi connectivity index (χ1n) is 26.7. The molecule has 0 radical (unpaired) electrons. The van der Waals surface area contributed by atoms with Crippen LogP contribution in [0.3, 0.4) is 0 Å². The van der Waals surface area contributed by atoms with Gasteiger partial charge in [0.05, 0.1) is 10.6 Å². The van der Waals surface area contributed by atoms with Crippen molar-refractivity contribution in [3.8, 4) is 22.6 Å². The van der Waals surface area contributed by atoms with Gasteiger partial charge in [0.2, 0.25) is 0 Å². The van der Waals surface area contributed by atoms with E-state index in [1.165, 1.54) is 0 Å². The monoisotopic (exact) mass is 1100 g/mol. The minimum Gasteiger partial charge on any atom is -0.456 e. The number of rotatable bonds is 12. The van der Waals surface area contributed by atoms with Crippen molar-refractivity contribution < 1.29 is 27.3 Å². The van der Waals surface area contributed by atoms with Gasteiger partial charge in [-0.2, -0.15) is 0 Å². The number of hydrogen-bond acceptors (Lipinski definition) is 6. The lowest BCUT2D eigenvalue weighted by Gasteiger charge is -2.25. The quantitative estimate of drug-likeness (QED) is 0.113. The minimum atomic E-state index is -3.32. The van der Waals surface area contributed by atoms with Gasteiger partial charge in [-0.05, 0) is 83.9 Å². The zero-order valence-electron chi connectivity index (χ0n) is 43.7. The van der Waals surface area contributed by atoms with Crippen molar-refractivity contribution in [3.05, 3.63) is 309 Å². The Bertz CT molecular complexity index is 4430. The van der Waals surface area contributed by atoms with Crippen LogP contribution in [0.5, 0.6) is 11.5 Å². The molecule has 0 atom stereocenters. The smallest absolute Gasteiger partial charge is 0.174 e. The van der Waals surface area contributed by atoms with Crippen LogP contribution in [0.1, 0.15) is 0 Å². The van der Waals surface area contributed by atoms with Gasteiger partial charge in [0.1, 0.15) is 33.8 Å². The van der Waals surface area contributed by atoms with Crippen LogP contribution in [0.4, 0.5) is 0 Å². The van der Waals surface area contributed by atoms with Crippen molar-refractivity contribution in [2.75, 3.05) is 0 Å². The van der Waals surface area contributed by atoms with E-state index < -0.39 is 21.4 Å². The summed E-state index contributed by atoms with van der Waals surface area (Å²) in [6, 6.07) is 99.2. The van der Waals surface area contributed by atoms with E-state index in [1.54, 1.807) is 0 Å². The second-order valence-corrected chi connectivity index (χ2v) is 27.9. The molecule has 390 valence electrons. The molecule has 6 nitrogen and oxygen atoms in total. The van der Waals surface area contributed by atoms with E-state index in [9.17, 15) is 4.57 Å². The van der Waals surface area contributed by atoms with Crippen molar-refractivity contribution in [3.63, 3.8) is 0 Å². The maximum atomic E-state index is 15.2. The normalized spacial score (nSPS) is 11.9. The number of hydrogen-bond donors (Lipinski definition) is 0. The van der Waals surface area contributed by atoms with Gasteiger partial charge in [-0.25, -0.2) is 0 Å². The summed E-state index contributed by atoms with van der Waals surface area (Å²) in [5.74, 6) is 0.923. The summed E-state index contributed by atoms with van der Waals surface area (Å²) in [4.78, 5) is 0. The standard InChI is InChI=1S/C36H28O3P2.C36H23O3P/c37-40(29-17-5-1-6-18-29,30-19-7-2-8-20-30)35-27-15-13-25-33(35)39-34-26-14-16-28-36(34)41(38,31-21-9-3-10-22-31)32-23-11-4-12-24-32;37-40(26-9-3-1-4-10-26,27-11-5-2-6-12-27)28-17-20-36-32(23-28)31-22-25(16-19-35(31)39-36)24-15-18-34-30(21-24)29-13-7-8-14-33(29)38-34/h1-28H;1-23H. The molecule has 0 unspecified atom stereocenters. The molecule has 0 aliphatic heterocycles. The van der Waals surface area contributed by atoms with Crippen molar-refractivity contribution >= 4 is 113 Å². The Hall–Kier alpha value is -9.27. The van der Waals surface area contributed by atoms with E-state index in [1.807, 2.05) is 273 Å². The first-order chi connectivity index (χ1) is 39.8. The molecule has 14 aromatic rings.